The lowest BCUT2D eigenvalue weighted by Crippen LogP contribution is -2.52. The maximum absolute atomic E-state index is 5.41. The molecule has 0 unspecified atom stereocenters. The van der Waals surface area contributed by atoms with Crippen LogP contribution in [0, 0.1) is 0 Å². The molecule has 150 valence electrons. The molecule has 0 atom stereocenters. The first-order chi connectivity index (χ1) is 12.7. The SMILES string of the molecule is CCNC(=NCc1cc(C(C)C)no1)N1CCN(Cc2cccs2)CC1.I. The van der Waals surface area contributed by atoms with Gasteiger partial charge in [0.15, 0.2) is 11.7 Å². The smallest absolute Gasteiger partial charge is 0.194 e. The lowest BCUT2D eigenvalue weighted by atomic mass is 10.1. The second-order valence-electron chi connectivity index (χ2n) is 6.89. The highest BCUT2D eigenvalue weighted by atomic mass is 127. The largest absolute Gasteiger partial charge is 0.359 e. The highest BCUT2D eigenvalue weighted by molar-refractivity contribution is 14.0. The summed E-state index contributed by atoms with van der Waals surface area (Å²) in [7, 11) is 0. The van der Waals surface area contributed by atoms with Gasteiger partial charge in [0.05, 0.1) is 5.69 Å². The summed E-state index contributed by atoms with van der Waals surface area (Å²) in [4.78, 5) is 11.1. The molecule has 0 spiro atoms. The van der Waals surface area contributed by atoms with Crippen molar-refractivity contribution in [2.24, 2.45) is 4.99 Å². The molecule has 1 saturated heterocycles. The molecule has 0 amide bonds. The third-order valence-electron chi connectivity index (χ3n) is 4.52. The number of rotatable bonds is 6. The predicted octanol–water partition coefficient (Wildman–Crippen LogP) is 3.76. The Morgan fingerprint density at radius 2 is 2.11 bits per heavy atom. The summed E-state index contributed by atoms with van der Waals surface area (Å²) in [6, 6.07) is 6.35. The summed E-state index contributed by atoms with van der Waals surface area (Å²) in [6.45, 7) is 12.9. The minimum Gasteiger partial charge on any atom is -0.359 e. The van der Waals surface area contributed by atoms with Crippen LogP contribution < -0.4 is 5.32 Å². The highest BCUT2D eigenvalue weighted by Crippen LogP contribution is 2.16. The summed E-state index contributed by atoms with van der Waals surface area (Å²) in [5.74, 6) is 2.16. The van der Waals surface area contributed by atoms with E-state index in [4.69, 9.17) is 9.52 Å². The number of nitrogens with one attached hydrogen (secondary N) is 1. The number of guanidine groups is 1. The van der Waals surface area contributed by atoms with Crippen LogP contribution in [0.15, 0.2) is 33.1 Å². The molecule has 2 aromatic rings. The molecule has 2 aromatic heterocycles. The number of piperazine rings is 1. The van der Waals surface area contributed by atoms with Crippen LogP contribution in [0.4, 0.5) is 0 Å². The molecule has 1 N–H and O–H groups in total. The molecular formula is C19H30IN5OS. The maximum atomic E-state index is 5.41. The van der Waals surface area contributed by atoms with E-state index in [1.165, 1.54) is 4.88 Å². The van der Waals surface area contributed by atoms with Gasteiger partial charge >= 0.3 is 0 Å². The van der Waals surface area contributed by atoms with E-state index < -0.39 is 0 Å². The van der Waals surface area contributed by atoms with Crippen LogP contribution in [0.5, 0.6) is 0 Å². The Labute approximate surface area is 183 Å². The fraction of sp³-hybridized carbons (Fsp3) is 0.579. The second-order valence-corrected chi connectivity index (χ2v) is 7.92. The van der Waals surface area contributed by atoms with Gasteiger partial charge in [-0.15, -0.1) is 35.3 Å². The lowest BCUT2D eigenvalue weighted by Gasteiger charge is -2.36. The van der Waals surface area contributed by atoms with E-state index >= 15 is 0 Å². The van der Waals surface area contributed by atoms with Gasteiger partial charge in [0.1, 0.15) is 6.54 Å². The predicted molar refractivity (Wildman–Crippen MR) is 122 cm³/mol. The fourth-order valence-corrected chi connectivity index (χ4v) is 3.74. The van der Waals surface area contributed by atoms with Gasteiger partial charge in [0.2, 0.25) is 0 Å². The van der Waals surface area contributed by atoms with Crippen molar-refractivity contribution in [2.75, 3.05) is 32.7 Å². The zero-order valence-electron chi connectivity index (χ0n) is 16.4. The fourth-order valence-electron chi connectivity index (χ4n) is 2.99. The molecule has 1 aliphatic heterocycles. The minimum absolute atomic E-state index is 0. The maximum Gasteiger partial charge on any atom is 0.194 e. The first-order valence-electron chi connectivity index (χ1n) is 9.39. The Morgan fingerprint density at radius 3 is 2.70 bits per heavy atom. The number of hydrogen-bond acceptors (Lipinski definition) is 5. The molecule has 0 aromatic carbocycles. The molecule has 6 nitrogen and oxygen atoms in total. The van der Waals surface area contributed by atoms with Crippen LogP contribution in [0.3, 0.4) is 0 Å². The topological polar surface area (TPSA) is 56.9 Å². The van der Waals surface area contributed by atoms with Crippen molar-refractivity contribution in [2.45, 2.75) is 39.8 Å². The zero-order chi connectivity index (χ0) is 18.4. The van der Waals surface area contributed by atoms with Crippen LogP contribution in [0.1, 0.15) is 43.0 Å². The molecular weight excluding hydrogens is 473 g/mol. The number of aromatic nitrogens is 1. The average molecular weight is 503 g/mol. The Morgan fingerprint density at radius 1 is 1.33 bits per heavy atom. The number of thiophene rings is 1. The summed E-state index contributed by atoms with van der Waals surface area (Å²) in [6.07, 6.45) is 0. The first kappa shape index (κ1) is 22.2. The van der Waals surface area contributed by atoms with Crippen LogP contribution in [-0.2, 0) is 13.1 Å². The first-order valence-corrected chi connectivity index (χ1v) is 10.3. The molecule has 8 heteroatoms. The van der Waals surface area contributed by atoms with Gasteiger partial charge in [-0.25, -0.2) is 4.99 Å². The molecule has 27 heavy (non-hydrogen) atoms. The Kier molecular flexibility index (Phi) is 9.04. The minimum atomic E-state index is 0. The van der Waals surface area contributed by atoms with E-state index in [-0.39, 0.29) is 24.0 Å². The van der Waals surface area contributed by atoms with E-state index in [0.717, 1.165) is 56.7 Å². The van der Waals surface area contributed by atoms with Crippen molar-refractivity contribution in [3.8, 4) is 0 Å². The van der Waals surface area contributed by atoms with Gasteiger partial charge in [-0.05, 0) is 24.3 Å². The van der Waals surface area contributed by atoms with Crippen molar-refractivity contribution in [1.82, 2.24) is 20.3 Å². The molecule has 1 aliphatic rings. The normalized spacial score (nSPS) is 15.9. The van der Waals surface area contributed by atoms with Gasteiger partial charge in [0.25, 0.3) is 0 Å². The van der Waals surface area contributed by atoms with Crippen molar-refractivity contribution in [3.05, 3.63) is 39.9 Å². The monoisotopic (exact) mass is 503 g/mol. The van der Waals surface area contributed by atoms with Gasteiger partial charge < -0.3 is 14.7 Å². The van der Waals surface area contributed by atoms with Crippen molar-refractivity contribution in [3.63, 3.8) is 0 Å². The van der Waals surface area contributed by atoms with Gasteiger partial charge in [-0.1, -0.05) is 25.1 Å². The zero-order valence-corrected chi connectivity index (χ0v) is 19.5. The van der Waals surface area contributed by atoms with Gasteiger partial charge in [-0.2, -0.15) is 0 Å². The molecule has 0 aliphatic carbocycles. The molecule has 0 bridgehead atoms. The van der Waals surface area contributed by atoms with Crippen molar-refractivity contribution < 1.29 is 4.52 Å². The Balaban J connectivity index is 0.00000261. The number of halogens is 1. The second kappa shape index (κ2) is 11.0. The van der Waals surface area contributed by atoms with E-state index in [9.17, 15) is 0 Å². The third kappa shape index (κ3) is 6.46. The average Bonchev–Trinajstić information content (AvgIpc) is 3.31. The molecule has 1 fully saturated rings. The van der Waals surface area contributed by atoms with Crippen LogP contribution in [0.2, 0.25) is 0 Å². The highest BCUT2D eigenvalue weighted by Gasteiger charge is 2.20. The van der Waals surface area contributed by atoms with Crippen LogP contribution in [0.25, 0.3) is 0 Å². The number of aliphatic imine (C=N–C) groups is 1. The summed E-state index contributed by atoms with van der Waals surface area (Å²) in [5.41, 5.74) is 0.988. The Bertz CT molecular complexity index is 693. The van der Waals surface area contributed by atoms with Crippen molar-refractivity contribution in [1.29, 1.82) is 0 Å². The number of hydrogen-bond donors (Lipinski definition) is 1. The summed E-state index contributed by atoms with van der Waals surface area (Å²) >= 11 is 1.83. The van der Waals surface area contributed by atoms with Crippen molar-refractivity contribution >= 4 is 41.3 Å². The molecule has 3 rings (SSSR count). The van der Waals surface area contributed by atoms with Gasteiger partial charge in [-0.3, -0.25) is 4.90 Å². The molecule has 0 saturated carbocycles. The number of nitrogens with zero attached hydrogens (tertiary/aromatic N) is 4. The van der Waals surface area contributed by atoms with E-state index in [1.807, 2.05) is 17.4 Å². The van der Waals surface area contributed by atoms with E-state index in [2.05, 4.69) is 58.6 Å². The lowest BCUT2D eigenvalue weighted by molar-refractivity contribution is 0.173. The quantitative estimate of drug-likeness (QED) is 0.370. The van der Waals surface area contributed by atoms with Crippen LogP contribution in [-0.4, -0.2) is 53.6 Å². The molecule has 0 radical (unpaired) electrons. The van der Waals surface area contributed by atoms with Gasteiger partial charge in [0, 0.05) is 50.2 Å². The molecule has 3 heterocycles. The standard InChI is InChI=1S/C19H29N5OS.HI/c1-4-20-19(21-13-16-12-18(15(2)3)22-25-16)24-9-7-23(8-10-24)14-17-6-5-11-26-17;/h5-6,11-12,15H,4,7-10,13-14H2,1-3H3,(H,20,21);1H. The van der Waals surface area contributed by atoms with Crippen LogP contribution >= 0.6 is 35.3 Å². The third-order valence-corrected chi connectivity index (χ3v) is 5.38. The van der Waals surface area contributed by atoms with E-state index in [1.54, 1.807) is 0 Å². The van der Waals surface area contributed by atoms with E-state index in [0.29, 0.717) is 12.5 Å². The Hall–Kier alpha value is -1.13. The summed E-state index contributed by atoms with van der Waals surface area (Å²) in [5, 5.41) is 9.67. The summed E-state index contributed by atoms with van der Waals surface area (Å²) < 4.78 is 5.41.